The van der Waals surface area contributed by atoms with Gasteiger partial charge in [-0.2, -0.15) is 8.78 Å². The molecule has 0 saturated heterocycles. The quantitative estimate of drug-likeness (QED) is 0.111. The van der Waals surface area contributed by atoms with Gasteiger partial charge in [-0.3, -0.25) is 19.2 Å². The Morgan fingerprint density at radius 3 is 1.85 bits per heavy atom. The lowest BCUT2D eigenvalue weighted by Gasteiger charge is -2.31. The summed E-state index contributed by atoms with van der Waals surface area (Å²) in [5, 5.41) is 9.47. The van der Waals surface area contributed by atoms with Crippen molar-refractivity contribution in [2.45, 2.75) is 150 Å². The number of hydrogen-bond donors (Lipinski definition) is 4. The number of nitrogens with one attached hydrogen (secondary N) is 4. The Labute approximate surface area is 312 Å². The van der Waals surface area contributed by atoms with Crippen LogP contribution in [0, 0.1) is 23.7 Å². The van der Waals surface area contributed by atoms with Crippen molar-refractivity contribution in [1.82, 2.24) is 21.3 Å². The van der Waals surface area contributed by atoms with Crippen LogP contribution in [0.25, 0.3) is 0 Å². The molecular formula is C39H60F2N4O8. The van der Waals surface area contributed by atoms with Crippen LogP contribution in [0.2, 0.25) is 0 Å². The third-order valence-electron chi connectivity index (χ3n) is 9.37. The molecule has 0 aliphatic heterocycles. The summed E-state index contributed by atoms with van der Waals surface area (Å²) in [7, 11) is 0. The van der Waals surface area contributed by atoms with Gasteiger partial charge in [0.1, 0.15) is 30.3 Å². The minimum absolute atomic E-state index is 0.0469. The van der Waals surface area contributed by atoms with Gasteiger partial charge in [-0.15, -0.1) is 0 Å². The number of benzene rings is 1. The highest BCUT2D eigenvalue weighted by atomic mass is 19.3. The van der Waals surface area contributed by atoms with Gasteiger partial charge >= 0.3 is 18.0 Å². The van der Waals surface area contributed by atoms with Gasteiger partial charge in [0.2, 0.25) is 17.6 Å². The molecule has 298 valence electrons. The topological polar surface area (TPSA) is 169 Å². The summed E-state index contributed by atoms with van der Waals surface area (Å²) in [5.74, 6) is -12.8. The number of hydrogen-bond acceptors (Lipinski definition) is 8. The van der Waals surface area contributed by atoms with Gasteiger partial charge < -0.3 is 30.7 Å². The highest BCUT2D eigenvalue weighted by Gasteiger charge is 2.52. The first-order valence-corrected chi connectivity index (χ1v) is 18.7. The number of halogens is 2. The Hall–Kier alpha value is -4.10. The van der Waals surface area contributed by atoms with Crippen molar-refractivity contribution >= 4 is 35.6 Å². The fourth-order valence-electron chi connectivity index (χ4n) is 6.05. The first-order chi connectivity index (χ1) is 24.7. The zero-order valence-electron chi connectivity index (χ0n) is 32.7. The Bertz CT molecular complexity index is 1390. The number of ether oxygens (including phenoxy) is 2. The van der Waals surface area contributed by atoms with Crippen LogP contribution in [0.15, 0.2) is 30.3 Å². The van der Waals surface area contributed by atoms with Crippen molar-refractivity contribution in [3.8, 4) is 0 Å². The standard InChI is InChI=1S/C39H60F2N4O8/c1-10-25(6)31(35(49)52-22-27-19-15-12-16-20-27)43-34(48)29(23(2)3)44-36(50)39(40,41)32(46)28(21-26-17-13-11-14-18-26)42-33(47)30(24(4)5)45-37(51)53-38(7,8)9/h12,15-16,19-20,23-26,28-31H,10-11,13-14,17-18,21-22H2,1-9H3,(H,42,47)(H,43,48)(H,44,50)(H,45,51)/t25?,28-,29-,30-,31-/m0/s1. The highest BCUT2D eigenvalue weighted by Crippen LogP contribution is 2.30. The number of Topliss-reactive ketones (excluding diaryl/α,β-unsaturated/α-hetero) is 1. The normalized spacial score (nSPS) is 16.8. The van der Waals surface area contributed by atoms with Gasteiger partial charge in [0.15, 0.2) is 0 Å². The van der Waals surface area contributed by atoms with Crippen LogP contribution in [0.5, 0.6) is 0 Å². The SMILES string of the molecule is CCC(C)[C@H](NC(=O)[C@@H](NC(=O)C(F)(F)C(=O)[C@H](CC1CCCCC1)NC(=O)[C@@H](NC(=O)OC(C)(C)C)C(C)C)C(C)C)C(=O)OCc1ccccc1. The second-order valence-corrected chi connectivity index (χ2v) is 15.8. The van der Waals surface area contributed by atoms with E-state index < -0.39 is 89.0 Å². The van der Waals surface area contributed by atoms with Gasteiger partial charge in [0.25, 0.3) is 5.91 Å². The summed E-state index contributed by atoms with van der Waals surface area (Å²) in [6.45, 7) is 14.7. The summed E-state index contributed by atoms with van der Waals surface area (Å²) < 4.78 is 42.6. The maximum absolute atomic E-state index is 15.9. The molecule has 14 heteroatoms. The van der Waals surface area contributed by atoms with Crippen molar-refractivity contribution in [1.29, 1.82) is 0 Å². The van der Waals surface area contributed by atoms with Gasteiger partial charge in [0.05, 0.1) is 6.04 Å². The van der Waals surface area contributed by atoms with E-state index in [2.05, 4.69) is 16.0 Å². The molecule has 1 aliphatic carbocycles. The first kappa shape index (κ1) is 45.1. The van der Waals surface area contributed by atoms with Crippen molar-refractivity contribution < 1.29 is 47.0 Å². The summed E-state index contributed by atoms with van der Waals surface area (Å²) in [6, 6.07) is 3.22. The van der Waals surface area contributed by atoms with E-state index in [0.29, 0.717) is 19.3 Å². The number of alkyl halides is 2. The molecule has 1 aromatic rings. The highest BCUT2D eigenvalue weighted by molar-refractivity contribution is 6.11. The molecule has 12 nitrogen and oxygen atoms in total. The van der Waals surface area contributed by atoms with E-state index in [-0.39, 0.29) is 18.9 Å². The lowest BCUT2D eigenvalue weighted by Crippen LogP contribution is -2.61. The van der Waals surface area contributed by atoms with E-state index in [1.54, 1.807) is 65.8 Å². The number of amides is 4. The van der Waals surface area contributed by atoms with E-state index in [0.717, 1.165) is 24.8 Å². The minimum Gasteiger partial charge on any atom is -0.459 e. The monoisotopic (exact) mass is 750 g/mol. The largest absolute Gasteiger partial charge is 0.459 e. The molecule has 0 spiro atoms. The molecule has 53 heavy (non-hydrogen) atoms. The third-order valence-corrected chi connectivity index (χ3v) is 9.37. The Balaban J connectivity index is 2.28. The molecule has 1 aliphatic rings. The number of esters is 1. The average molecular weight is 751 g/mol. The second-order valence-electron chi connectivity index (χ2n) is 15.8. The van der Waals surface area contributed by atoms with E-state index >= 15 is 8.78 Å². The average Bonchev–Trinajstić information content (AvgIpc) is 3.09. The summed E-state index contributed by atoms with van der Waals surface area (Å²) >= 11 is 0. The molecule has 4 N–H and O–H groups in total. The van der Waals surface area contributed by atoms with Crippen molar-refractivity contribution in [3.05, 3.63) is 35.9 Å². The minimum atomic E-state index is -4.66. The number of carbonyl (C=O) groups is 6. The molecule has 1 fully saturated rings. The van der Waals surface area contributed by atoms with Crippen LogP contribution in [0.1, 0.15) is 113 Å². The van der Waals surface area contributed by atoms with Crippen LogP contribution in [-0.4, -0.2) is 71.3 Å². The predicted molar refractivity (Wildman–Crippen MR) is 195 cm³/mol. The van der Waals surface area contributed by atoms with Gasteiger partial charge in [-0.05, 0) is 56.4 Å². The molecule has 5 atom stereocenters. The fraction of sp³-hybridized carbons (Fsp3) is 0.692. The third kappa shape index (κ3) is 14.3. The van der Waals surface area contributed by atoms with E-state index in [4.69, 9.17) is 9.47 Å². The Kier molecular flexibility index (Phi) is 17.3. The van der Waals surface area contributed by atoms with Crippen molar-refractivity contribution in [2.24, 2.45) is 23.7 Å². The van der Waals surface area contributed by atoms with Crippen LogP contribution in [0.3, 0.4) is 0 Å². The van der Waals surface area contributed by atoms with Crippen molar-refractivity contribution in [2.75, 3.05) is 0 Å². The van der Waals surface area contributed by atoms with E-state index in [1.807, 2.05) is 18.3 Å². The molecule has 0 bridgehead atoms. The summed E-state index contributed by atoms with van der Waals surface area (Å²) in [4.78, 5) is 79.5. The van der Waals surface area contributed by atoms with E-state index in [1.165, 1.54) is 13.8 Å². The van der Waals surface area contributed by atoms with Crippen LogP contribution < -0.4 is 21.3 Å². The van der Waals surface area contributed by atoms with Crippen LogP contribution >= 0.6 is 0 Å². The molecule has 0 radical (unpaired) electrons. The zero-order chi connectivity index (χ0) is 40.1. The molecular weight excluding hydrogens is 690 g/mol. The zero-order valence-corrected chi connectivity index (χ0v) is 32.7. The first-order valence-electron chi connectivity index (χ1n) is 18.7. The van der Waals surface area contributed by atoms with E-state index in [9.17, 15) is 28.8 Å². The summed E-state index contributed by atoms with van der Waals surface area (Å²) in [6.07, 6.45) is 3.35. The van der Waals surface area contributed by atoms with Gasteiger partial charge in [-0.25, -0.2) is 9.59 Å². The van der Waals surface area contributed by atoms with Crippen LogP contribution in [0.4, 0.5) is 13.6 Å². The number of rotatable bonds is 18. The maximum Gasteiger partial charge on any atom is 0.408 e. The van der Waals surface area contributed by atoms with Gasteiger partial charge in [-0.1, -0.05) is 110 Å². The Morgan fingerprint density at radius 2 is 1.32 bits per heavy atom. The molecule has 1 aromatic carbocycles. The van der Waals surface area contributed by atoms with Crippen molar-refractivity contribution in [3.63, 3.8) is 0 Å². The van der Waals surface area contributed by atoms with Gasteiger partial charge in [0, 0.05) is 0 Å². The summed E-state index contributed by atoms with van der Waals surface area (Å²) in [5.41, 5.74) is -0.144. The molecule has 0 heterocycles. The maximum atomic E-state index is 15.9. The number of ketones is 1. The molecule has 0 aromatic heterocycles. The molecule has 2 rings (SSSR count). The number of carbonyl (C=O) groups excluding carboxylic acids is 6. The van der Waals surface area contributed by atoms with Crippen LogP contribution in [-0.2, 0) is 40.1 Å². The molecule has 4 amide bonds. The fourth-order valence-corrected chi connectivity index (χ4v) is 6.05. The smallest absolute Gasteiger partial charge is 0.408 e. The second kappa shape index (κ2) is 20.4. The predicted octanol–water partition coefficient (Wildman–Crippen LogP) is 5.61. The lowest BCUT2D eigenvalue weighted by atomic mass is 9.83. The number of alkyl carbamates (subject to hydrolysis) is 1. The molecule has 1 unspecified atom stereocenters. The lowest BCUT2D eigenvalue weighted by molar-refractivity contribution is -0.162. The Morgan fingerprint density at radius 1 is 0.774 bits per heavy atom. The molecule has 1 saturated carbocycles.